The molecule has 1 aromatic heterocycles. The molecular formula is C13H23N3O2S. The van der Waals surface area contributed by atoms with Gasteiger partial charge in [-0.25, -0.2) is 9.78 Å². The smallest absolute Gasteiger partial charge is 0.315 e. The summed E-state index contributed by atoms with van der Waals surface area (Å²) in [6.07, 6.45) is 1.35. The lowest BCUT2D eigenvalue weighted by molar-refractivity contribution is 0.103. The third-order valence-corrected chi connectivity index (χ3v) is 4.25. The lowest BCUT2D eigenvalue weighted by atomic mass is 9.97. The molecule has 0 radical (unpaired) electrons. The van der Waals surface area contributed by atoms with Crippen molar-refractivity contribution in [1.82, 2.24) is 15.6 Å². The minimum absolute atomic E-state index is 0.240. The number of carbonyl (C=O) groups excluding carboxylic acids is 1. The molecule has 19 heavy (non-hydrogen) atoms. The Bertz CT molecular complexity index is 391. The van der Waals surface area contributed by atoms with Crippen LogP contribution in [0, 0.1) is 12.8 Å². The van der Waals surface area contributed by atoms with E-state index in [1.54, 1.807) is 5.51 Å². The Morgan fingerprint density at radius 3 is 2.63 bits per heavy atom. The van der Waals surface area contributed by atoms with Crippen LogP contribution in [0.3, 0.4) is 0 Å². The highest BCUT2D eigenvalue weighted by molar-refractivity contribution is 7.09. The fourth-order valence-electron chi connectivity index (χ4n) is 1.92. The van der Waals surface area contributed by atoms with Gasteiger partial charge in [-0.3, -0.25) is 0 Å². The Hall–Kier alpha value is -1.14. The Morgan fingerprint density at radius 1 is 1.42 bits per heavy atom. The van der Waals surface area contributed by atoms with Crippen LogP contribution in [-0.4, -0.2) is 28.8 Å². The summed E-state index contributed by atoms with van der Waals surface area (Å²) in [6.45, 7) is 6.78. The summed E-state index contributed by atoms with van der Waals surface area (Å²) in [5.74, 6) is 0.240. The second kappa shape index (κ2) is 8.12. The average molecular weight is 285 g/mol. The SMILES string of the molecule is CCC(CC)C(O)CNC(=O)NCc1scnc1C. The van der Waals surface area contributed by atoms with E-state index >= 15 is 0 Å². The van der Waals surface area contributed by atoms with Gasteiger partial charge in [-0.05, 0) is 12.8 Å². The first-order valence-electron chi connectivity index (χ1n) is 6.67. The van der Waals surface area contributed by atoms with Crippen LogP contribution in [0.25, 0.3) is 0 Å². The van der Waals surface area contributed by atoms with Crippen molar-refractivity contribution < 1.29 is 9.90 Å². The van der Waals surface area contributed by atoms with Gasteiger partial charge in [0.15, 0.2) is 0 Å². The second-order valence-corrected chi connectivity index (χ2v) is 5.51. The van der Waals surface area contributed by atoms with Gasteiger partial charge >= 0.3 is 6.03 Å². The molecule has 5 nitrogen and oxygen atoms in total. The monoisotopic (exact) mass is 285 g/mol. The summed E-state index contributed by atoms with van der Waals surface area (Å²) < 4.78 is 0. The fourth-order valence-corrected chi connectivity index (χ4v) is 2.63. The van der Waals surface area contributed by atoms with Crippen LogP contribution in [-0.2, 0) is 6.54 Å². The van der Waals surface area contributed by atoms with E-state index in [1.165, 1.54) is 11.3 Å². The summed E-state index contributed by atoms with van der Waals surface area (Å²) in [7, 11) is 0. The van der Waals surface area contributed by atoms with E-state index < -0.39 is 6.10 Å². The first-order valence-corrected chi connectivity index (χ1v) is 7.55. The standard InChI is InChI=1S/C13H23N3O2S/c1-4-10(5-2)11(17)6-14-13(18)15-7-12-9(3)16-8-19-12/h8,10-11,17H,4-7H2,1-3H3,(H2,14,15,18). The van der Waals surface area contributed by atoms with Gasteiger partial charge in [-0.2, -0.15) is 0 Å². The number of urea groups is 1. The highest BCUT2D eigenvalue weighted by atomic mass is 32.1. The molecular weight excluding hydrogens is 262 g/mol. The molecule has 0 fully saturated rings. The van der Waals surface area contributed by atoms with Gasteiger partial charge in [0.25, 0.3) is 0 Å². The lowest BCUT2D eigenvalue weighted by Crippen LogP contribution is -2.41. The second-order valence-electron chi connectivity index (χ2n) is 4.57. The predicted molar refractivity (Wildman–Crippen MR) is 77.2 cm³/mol. The highest BCUT2D eigenvalue weighted by Crippen LogP contribution is 2.12. The van der Waals surface area contributed by atoms with Gasteiger partial charge in [-0.1, -0.05) is 26.7 Å². The number of aliphatic hydroxyl groups is 1. The van der Waals surface area contributed by atoms with Gasteiger partial charge < -0.3 is 15.7 Å². The molecule has 1 heterocycles. The van der Waals surface area contributed by atoms with Crippen molar-refractivity contribution >= 4 is 17.4 Å². The van der Waals surface area contributed by atoms with Crippen molar-refractivity contribution in [1.29, 1.82) is 0 Å². The summed E-state index contributed by atoms with van der Waals surface area (Å²) in [6, 6.07) is -0.252. The number of amides is 2. The summed E-state index contributed by atoms with van der Waals surface area (Å²) in [5.41, 5.74) is 2.71. The van der Waals surface area contributed by atoms with Crippen molar-refractivity contribution in [3.63, 3.8) is 0 Å². The molecule has 0 saturated heterocycles. The molecule has 0 spiro atoms. The Kier molecular flexibility index (Phi) is 6.80. The van der Waals surface area contributed by atoms with Crippen LogP contribution in [0.4, 0.5) is 4.79 Å². The number of hydrogen-bond acceptors (Lipinski definition) is 4. The molecule has 0 aliphatic carbocycles. The number of rotatable bonds is 7. The van der Waals surface area contributed by atoms with Crippen molar-refractivity contribution in [3.8, 4) is 0 Å². The van der Waals surface area contributed by atoms with Crippen LogP contribution in [0.5, 0.6) is 0 Å². The van der Waals surface area contributed by atoms with Gasteiger partial charge in [-0.15, -0.1) is 11.3 Å². The molecule has 108 valence electrons. The van der Waals surface area contributed by atoms with E-state index in [9.17, 15) is 9.90 Å². The molecule has 0 aromatic carbocycles. The van der Waals surface area contributed by atoms with Crippen molar-refractivity contribution in [3.05, 3.63) is 16.1 Å². The lowest BCUT2D eigenvalue weighted by Gasteiger charge is -2.20. The number of aliphatic hydroxyl groups excluding tert-OH is 1. The van der Waals surface area contributed by atoms with Crippen molar-refractivity contribution in [2.75, 3.05) is 6.54 Å². The Labute approximate surface area is 118 Å². The largest absolute Gasteiger partial charge is 0.391 e. The first-order chi connectivity index (χ1) is 9.08. The third-order valence-electron chi connectivity index (χ3n) is 3.32. The number of hydrogen-bond donors (Lipinski definition) is 3. The molecule has 0 aliphatic heterocycles. The predicted octanol–water partition coefficient (Wildman–Crippen LogP) is 2.05. The van der Waals surface area contributed by atoms with Crippen LogP contribution < -0.4 is 10.6 Å². The maximum absolute atomic E-state index is 11.6. The molecule has 1 unspecified atom stereocenters. The van der Waals surface area contributed by atoms with Crippen molar-refractivity contribution in [2.45, 2.75) is 46.3 Å². The first kappa shape index (κ1) is 15.9. The molecule has 2 amide bonds. The normalized spacial score (nSPS) is 12.5. The topological polar surface area (TPSA) is 74.2 Å². The molecule has 6 heteroatoms. The van der Waals surface area contributed by atoms with E-state index in [0.29, 0.717) is 13.1 Å². The Morgan fingerprint density at radius 2 is 2.11 bits per heavy atom. The molecule has 1 aromatic rings. The van der Waals surface area contributed by atoms with Crippen molar-refractivity contribution in [2.24, 2.45) is 5.92 Å². The van der Waals surface area contributed by atoms with Gasteiger partial charge in [0, 0.05) is 11.4 Å². The summed E-state index contributed by atoms with van der Waals surface area (Å²) >= 11 is 1.53. The maximum atomic E-state index is 11.6. The minimum atomic E-state index is -0.481. The molecule has 1 rings (SSSR count). The van der Waals surface area contributed by atoms with E-state index in [2.05, 4.69) is 15.6 Å². The Balaban J connectivity index is 2.26. The number of nitrogens with one attached hydrogen (secondary N) is 2. The van der Waals surface area contributed by atoms with E-state index in [4.69, 9.17) is 0 Å². The quantitative estimate of drug-likeness (QED) is 0.718. The van der Waals surface area contributed by atoms with Crippen LogP contribution in [0.1, 0.15) is 37.3 Å². The number of carbonyl (C=O) groups is 1. The molecule has 1 atom stereocenters. The molecule has 0 aliphatic rings. The number of nitrogens with zero attached hydrogens (tertiary/aromatic N) is 1. The van der Waals surface area contributed by atoms with Crippen LogP contribution in [0.2, 0.25) is 0 Å². The van der Waals surface area contributed by atoms with E-state index in [1.807, 2.05) is 20.8 Å². The third kappa shape index (κ3) is 5.16. The number of aromatic nitrogens is 1. The zero-order valence-electron chi connectivity index (χ0n) is 11.8. The number of aryl methyl sites for hydroxylation is 1. The highest BCUT2D eigenvalue weighted by Gasteiger charge is 2.16. The van der Waals surface area contributed by atoms with Crippen LogP contribution >= 0.6 is 11.3 Å². The molecule has 0 bridgehead atoms. The molecule has 3 N–H and O–H groups in total. The zero-order valence-corrected chi connectivity index (χ0v) is 12.6. The minimum Gasteiger partial charge on any atom is -0.391 e. The van der Waals surface area contributed by atoms with Gasteiger partial charge in [0.2, 0.25) is 0 Å². The zero-order chi connectivity index (χ0) is 14.3. The van der Waals surface area contributed by atoms with E-state index in [0.717, 1.165) is 23.4 Å². The fraction of sp³-hybridized carbons (Fsp3) is 0.692. The number of thiazole rings is 1. The van der Waals surface area contributed by atoms with Gasteiger partial charge in [0.05, 0.1) is 23.9 Å². The van der Waals surface area contributed by atoms with Crippen LogP contribution in [0.15, 0.2) is 5.51 Å². The van der Waals surface area contributed by atoms with Gasteiger partial charge in [0.1, 0.15) is 0 Å². The summed E-state index contributed by atoms with van der Waals surface area (Å²) in [4.78, 5) is 16.8. The summed E-state index contributed by atoms with van der Waals surface area (Å²) in [5, 5.41) is 15.4. The maximum Gasteiger partial charge on any atom is 0.315 e. The molecule has 0 saturated carbocycles. The average Bonchev–Trinajstić information content (AvgIpc) is 2.81. The van der Waals surface area contributed by atoms with E-state index in [-0.39, 0.29) is 11.9 Å².